The van der Waals surface area contributed by atoms with E-state index in [9.17, 15) is 9.90 Å². The average molecular weight is 385 g/mol. The number of hydrogen-bond donors (Lipinski definition) is 2. The van der Waals surface area contributed by atoms with Crippen molar-refractivity contribution in [2.45, 2.75) is 77.2 Å². The van der Waals surface area contributed by atoms with Crippen LogP contribution >= 0.6 is 0 Å². The van der Waals surface area contributed by atoms with E-state index in [1.165, 1.54) is 44.9 Å². The fourth-order valence-corrected chi connectivity index (χ4v) is 1.91. The quantitative estimate of drug-likeness (QED) is 0.149. The van der Waals surface area contributed by atoms with Crippen LogP contribution in [0.25, 0.3) is 0 Å². The molecule has 0 aromatic heterocycles. The predicted molar refractivity (Wildman–Crippen MR) is 82.4 cm³/mol. The van der Waals surface area contributed by atoms with Gasteiger partial charge in [-0.25, -0.2) is 0 Å². The van der Waals surface area contributed by atoms with Crippen molar-refractivity contribution >= 4 is 16.2 Å². The Hall–Kier alpha value is 1.46. The van der Waals surface area contributed by atoms with Crippen LogP contribution < -0.4 is 64.8 Å². The first-order valence-corrected chi connectivity index (χ1v) is 9.13. The Morgan fingerprint density at radius 3 is 1.62 bits per heavy atom. The number of ketones is 1. The molecule has 0 aliphatic heterocycles. The molecule has 0 aliphatic rings. The molecule has 0 amide bonds. The van der Waals surface area contributed by atoms with Gasteiger partial charge in [0.1, 0.15) is 6.10 Å². The van der Waals surface area contributed by atoms with Gasteiger partial charge < -0.3 is 19.9 Å². The molecule has 0 saturated heterocycles. The summed E-state index contributed by atoms with van der Waals surface area (Å²) in [5, 5.41) is 9.18. The van der Waals surface area contributed by atoms with E-state index >= 15 is 0 Å². The monoisotopic (exact) mass is 385 g/mol. The van der Waals surface area contributed by atoms with E-state index in [0.29, 0.717) is 6.42 Å². The van der Waals surface area contributed by atoms with Crippen LogP contribution in [0.15, 0.2) is 0 Å². The second-order valence-electron chi connectivity index (χ2n) is 5.20. The van der Waals surface area contributed by atoms with Gasteiger partial charge in [0.25, 0.3) is 0 Å². The van der Waals surface area contributed by atoms with E-state index in [1.807, 2.05) is 0 Å². The zero-order chi connectivity index (χ0) is 17.4. The summed E-state index contributed by atoms with van der Waals surface area (Å²) in [6.07, 6.45) is 10.7. The largest absolute Gasteiger partial charge is 1.00 e. The van der Waals surface area contributed by atoms with Crippen molar-refractivity contribution < 1.29 is 86.5 Å². The molecule has 1 unspecified atom stereocenters. The number of Topliss-reactive ketones (excluding diaryl/α,β-unsaturated/α-hetero) is 1. The number of rotatable bonds is 12. The summed E-state index contributed by atoms with van der Waals surface area (Å²) in [7, 11) is -5.17. The summed E-state index contributed by atoms with van der Waals surface area (Å²) >= 11 is 0. The Labute approximate surface area is 190 Å². The third-order valence-electron chi connectivity index (χ3n) is 3.12. The van der Waals surface area contributed by atoms with Gasteiger partial charge in [-0.15, -0.1) is 0 Å². The van der Waals surface area contributed by atoms with Gasteiger partial charge in [-0.1, -0.05) is 58.3 Å². The summed E-state index contributed by atoms with van der Waals surface area (Å²) in [5.74, 6) is -0.101. The molecule has 1 atom stereocenters. The first kappa shape index (κ1) is 33.1. The van der Waals surface area contributed by atoms with E-state index in [0.717, 1.165) is 12.8 Å². The topological polar surface area (TPSA) is 144 Å². The molecule has 0 bridgehead atoms. The van der Waals surface area contributed by atoms with Crippen LogP contribution in [0.1, 0.15) is 71.1 Å². The maximum atomic E-state index is 11.3. The van der Waals surface area contributed by atoms with E-state index in [-0.39, 0.29) is 71.4 Å². The molecule has 0 saturated carbocycles. The maximum Gasteiger partial charge on any atom is 1.00 e. The fraction of sp³-hybridized carbons (Fsp3) is 0.929. The molecule has 10 heteroatoms. The molecular weight excluding hydrogens is 356 g/mol. The van der Waals surface area contributed by atoms with Crippen LogP contribution in [-0.4, -0.2) is 41.1 Å². The van der Waals surface area contributed by atoms with Crippen molar-refractivity contribution in [1.29, 1.82) is 0 Å². The molecule has 0 spiro atoms. The van der Waals surface area contributed by atoms with Gasteiger partial charge in [0.05, 0.1) is 0 Å². The number of unbranched alkanes of at least 4 members (excludes halogenated alkanes) is 8. The first-order valence-electron chi connectivity index (χ1n) is 7.79. The van der Waals surface area contributed by atoms with Crippen molar-refractivity contribution in [3.8, 4) is 0 Å². The summed E-state index contributed by atoms with van der Waals surface area (Å²) in [6, 6.07) is 0. The Morgan fingerprint density at radius 2 is 1.29 bits per heavy atom. The Bertz CT molecular complexity index is 360. The van der Waals surface area contributed by atoms with Gasteiger partial charge in [-0.3, -0.25) is 13.2 Å². The van der Waals surface area contributed by atoms with Crippen molar-refractivity contribution in [2.75, 3.05) is 6.54 Å². The smallest absolute Gasteiger partial charge is 0.759 e. The molecule has 7 nitrogen and oxygen atoms in total. The minimum absolute atomic E-state index is 0. The van der Waals surface area contributed by atoms with E-state index in [2.05, 4.69) is 6.92 Å². The number of aliphatic hydroxyl groups is 1. The second-order valence-corrected chi connectivity index (χ2v) is 6.02. The van der Waals surface area contributed by atoms with Gasteiger partial charge in [0.2, 0.25) is 0 Å². The van der Waals surface area contributed by atoms with Crippen molar-refractivity contribution in [1.82, 2.24) is 0 Å². The van der Waals surface area contributed by atoms with Crippen LogP contribution in [0.5, 0.6) is 0 Å². The maximum absolute atomic E-state index is 11.3. The average Bonchev–Trinajstić information content (AvgIpc) is 2.42. The predicted octanol–water partition coefficient (Wildman–Crippen LogP) is -4.53. The van der Waals surface area contributed by atoms with Crippen LogP contribution in [-0.2, 0) is 15.2 Å². The molecule has 0 heterocycles. The molecule has 0 aliphatic carbocycles. The minimum Gasteiger partial charge on any atom is -0.759 e. The van der Waals surface area contributed by atoms with Crippen LogP contribution in [0, 0.1) is 0 Å². The molecule has 3 N–H and O–H groups in total. The van der Waals surface area contributed by atoms with Crippen molar-refractivity contribution in [2.24, 2.45) is 5.73 Å². The van der Waals surface area contributed by atoms with Crippen LogP contribution in [0.2, 0.25) is 0 Å². The van der Waals surface area contributed by atoms with E-state index in [4.69, 9.17) is 23.3 Å². The molecule has 0 aromatic carbocycles. The number of carbonyl (C=O) groups is 1. The molecule has 134 valence electrons. The number of hydrogen-bond acceptors (Lipinski definition) is 7. The summed E-state index contributed by atoms with van der Waals surface area (Å²) in [6.45, 7) is 2.28. The second kappa shape index (κ2) is 22.5. The van der Waals surface area contributed by atoms with Gasteiger partial charge in [-0.05, 0) is 6.42 Å². The normalized spacial score (nSPS) is 11.4. The van der Waals surface area contributed by atoms with Crippen LogP contribution in [0.4, 0.5) is 0 Å². The summed E-state index contributed by atoms with van der Waals surface area (Å²) < 4.78 is 34.1. The fourth-order valence-electron chi connectivity index (χ4n) is 1.91. The number of carbonyl (C=O) groups excluding carboxylic acids is 1. The first-order chi connectivity index (χ1) is 10.2. The number of aliphatic hydroxyl groups excluding tert-OH is 1. The van der Waals surface area contributed by atoms with E-state index in [1.54, 1.807) is 0 Å². The van der Waals surface area contributed by atoms with Gasteiger partial charge in [-0.2, -0.15) is 0 Å². The van der Waals surface area contributed by atoms with Gasteiger partial charge >= 0.3 is 59.1 Å². The van der Waals surface area contributed by atoms with Gasteiger partial charge in [0.15, 0.2) is 5.78 Å². The molecule has 0 fully saturated rings. The third-order valence-corrected chi connectivity index (χ3v) is 3.12. The van der Waals surface area contributed by atoms with E-state index < -0.39 is 16.5 Å². The zero-order valence-corrected chi connectivity index (χ0v) is 20.1. The Morgan fingerprint density at radius 1 is 0.958 bits per heavy atom. The number of nitrogens with two attached hydrogens (primary N) is 1. The molecule has 0 rings (SSSR count). The molecule has 0 aromatic rings. The molecular formula is C14H29NNa2O6S. The minimum atomic E-state index is -5.17. The van der Waals surface area contributed by atoms with Crippen molar-refractivity contribution in [3.05, 3.63) is 0 Å². The standard InChI is InChI=1S/C14H29NO2.2Na.H2O4S/c1-2-3-4-5-6-7-8-9-10-11-13(16)14(17)12-15;;;1-5(2,3)4/h14,17H,2-12,15H2,1H3;;;(H2,1,2,3,4)/q;2*+1;/p-2. The summed E-state index contributed by atoms with van der Waals surface area (Å²) in [5.41, 5.74) is 5.21. The third kappa shape index (κ3) is 34.7. The molecule has 0 radical (unpaired) electrons. The Kier molecular flexibility index (Phi) is 31.0. The van der Waals surface area contributed by atoms with Gasteiger partial charge in [0, 0.05) is 23.4 Å². The SMILES string of the molecule is CCCCCCCCCCCC(=O)C(O)CN.O=S(=O)([O-])[O-].[Na+].[Na+]. The van der Waals surface area contributed by atoms with Crippen LogP contribution in [0.3, 0.4) is 0 Å². The Balaban J connectivity index is -0.000000250. The van der Waals surface area contributed by atoms with Crippen molar-refractivity contribution in [3.63, 3.8) is 0 Å². The summed E-state index contributed by atoms with van der Waals surface area (Å²) in [4.78, 5) is 11.3. The zero-order valence-electron chi connectivity index (χ0n) is 15.3. The molecule has 24 heavy (non-hydrogen) atoms.